The van der Waals surface area contributed by atoms with Crippen molar-refractivity contribution in [3.8, 4) is 0 Å². The van der Waals surface area contributed by atoms with E-state index in [1.165, 1.54) is 0 Å². The SMILES string of the molecule is O=C(O)C[S@+]([O-])Cc1ccccc1. The lowest BCUT2D eigenvalue weighted by atomic mass is 10.2. The lowest BCUT2D eigenvalue weighted by Gasteiger charge is -2.07. The van der Waals surface area contributed by atoms with Gasteiger partial charge < -0.3 is 9.66 Å². The van der Waals surface area contributed by atoms with Gasteiger partial charge in [-0.05, 0) is 11.2 Å². The molecule has 1 rings (SSSR count). The summed E-state index contributed by atoms with van der Waals surface area (Å²) in [6.07, 6.45) is 0. The summed E-state index contributed by atoms with van der Waals surface area (Å²) in [5.41, 5.74) is 0.905. The van der Waals surface area contributed by atoms with Crippen LogP contribution in [-0.2, 0) is 21.7 Å². The minimum absolute atomic E-state index is 0.283. The first-order valence-corrected chi connectivity index (χ1v) is 5.28. The first-order valence-electron chi connectivity index (χ1n) is 3.79. The molecule has 0 spiro atoms. The van der Waals surface area contributed by atoms with E-state index in [9.17, 15) is 9.35 Å². The topological polar surface area (TPSA) is 60.4 Å². The van der Waals surface area contributed by atoms with Crippen LogP contribution in [0.2, 0.25) is 0 Å². The average molecular weight is 198 g/mol. The molecular formula is C9H10O3S. The third-order valence-corrected chi connectivity index (χ3v) is 2.68. The summed E-state index contributed by atoms with van der Waals surface area (Å²) in [5.74, 6) is -0.989. The van der Waals surface area contributed by atoms with Crippen LogP contribution < -0.4 is 0 Å². The fourth-order valence-corrected chi connectivity index (χ4v) is 1.89. The molecule has 0 fully saturated rings. The molecule has 0 saturated carbocycles. The quantitative estimate of drug-likeness (QED) is 0.735. The van der Waals surface area contributed by atoms with Crippen molar-refractivity contribution in [3.05, 3.63) is 35.9 Å². The maximum atomic E-state index is 11.2. The van der Waals surface area contributed by atoms with Gasteiger partial charge in [-0.15, -0.1) is 0 Å². The maximum absolute atomic E-state index is 11.2. The van der Waals surface area contributed by atoms with E-state index in [1.807, 2.05) is 30.3 Å². The normalized spacial score (nSPS) is 12.4. The Hall–Kier alpha value is -1.00. The molecule has 70 valence electrons. The highest BCUT2D eigenvalue weighted by atomic mass is 32.2. The van der Waals surface area contributed by atoms with E-state index in [0.29, 0.717) is 5.75 Å². The molecule has 3 nitrogen and oxygen atoms in total. The van der Waals surface area contributed by atoms with Gasteiger partial charge in [0.1, 0.15) is 5.75 Å². The number of aliphatic carboxylic acids is 1. The molecule has 0 amide bonds. The summed E-state index contributed by atoms with van der Waals surface area (Å²) in [6, 6.07) is 9.21. The molecule has 0 unspecified atom stereocenters. The van der Waals surface area contributed by atoms with Crippen LogP contribution in [0.1, 0.15) is 5.56 Å². The van der Waals surface area contributed by atoms with Gasteiger partial charge in [-0.3, -0.25) is 0 Å². The van der Waals surface area contributed by atoms with Crippen LogP contribution in [0.4, 0.5) is 0 Å². The monoisotopic (exact) mass is 198 g/mol. The predicted molar refractivity (Wildman–Crippen MR) is 50.8 cm³/mol. The second kappa shape index (κ2) is 4.89. The molecule has 1 atom stereocenters. The number of rotatable bonds is 4. The molecule has 4 heteroatoms. The fraction of sp³-hybridized carbons (Fsp3) is 0.222. The number of benzene rings is 1. The summed E-state index contributed by atoms with van der Waals surface area (Å²) in [6.45, 7) is 0. The Morgan fingerprint density at radius 3 is 2.54 bits per heavy atom. The zero-order valence-electron chi connectivity index (χ0n) is 6.97. The number of carbonyl (C=O) groups is 1. The van der Waals surface area contributed by atoms with E-state index >= 15 is 0 Å². The van der Waals surface area contributed by atoms with Gasteiger partial charge in [0.05, 0.1) is 0 Å². The Morgan fingerprint density at radius 2 is 2.00 bits per heavy atom. The fourth-order valence-electron chi connectivity index (χ4n) is 0.949. The molecule has 1 aromatic rings. The molecule has 13 heavy (non-hydrogen) atoms. The molecule has 0 saturated heterocycles. The van der Waals surface area contributed by atoms with Gasteiger partial charge in [0, 0.05) is 5.56 Å². The van der Waals surface area contributed by atoms with E-state index in [0.717, 1.165) is 5.56 Å². The van der Waals surface area contributed by atoms with Gasteiger partial charge in [0.15, 0.2) is 0 Å². The third kappa shape index (κ3) is 3.96. The number of hydrogen-bond acceptors (Lipinski definition) is 2. The van der Waals surface area contributed by atoms with Gasteiger partial charge in [-0.2, -0.15) is 0 Å². The van der Waals surface area contributed by atoms with E-state index in [1.54, 1.807) is 0 Å². The zero-order chi connectivity index (χ0) is 9.68. The molecule has 0 radical (unpaired) electrons. The summed E-state index contributed by atoms with van der Waals surface area (Å²) in [5, 5.41) is 8.37. The van der Waals surface area contributed by atoms with Crippen LogP contribution in [0.15, 0.2) is 30.3 Å². The first kappa shape index (κ1) is 10.1. The van der Waals surface area contributed by atoms with Crippen molar-refractivity contribution >= 4 is 17.1 Å². The Bertz CT molecular complexity index is 273. The van der Waals surface area contributed by atoms with Crippen LogP contribution in [0.25, 0.3) is 0 Å². The van der Waals surface area contributed by atoms with Crippen molar-refractivity contribution < 1.29 is 14.5 Å². The second-order valence-corrected chi connectivity index (χ2v) is 4.06. The van der Waals surface area contributed by atoms with Crippen LogP contribution in [0.3, 0.4) is 0 Å². The van der Waals surface area contributed by atoms with Crippen molar-refractivity contribution in [2.24, 2.45) is 0 Å². The molecule has 0 aliphatic carbocycles. The van der Waals surface area contributed by atoms with E-state index in [4.69, 9.17) is 5.11 Å². The predicted octanol–water partition coefficient (Wildman–Crippen LogP) is 1.02. The summed E-state index contributed by atoms with van der Waals surface area (Å²) < 4.78 is 11.2. The summed E-state index contributed by atoms with van der Waals surface area (Å²) >= 11 is -1.30. The Kier molecular flexibility index (Phi) is 3.79. The van der Waals surface area contributed by atoms with Crippen molar-refractivity contribution in [2.45, 2.75) is 5.75 Å². The third-order valence-electron chi connectivity index (χ3n) is 1.45. The molecule has 0 bridgehead atoms. The largest absolute Gasteiger partial charge is 0.616 e. The smallest absolute Gasteiger partial charge is 0.353 e. The molecule has 0 aromatic heterocycles. The van der Waals surface area contributed by atoms with Crippen molar-refractivity contribution in [3.63, 3.8) is 0 Å². The van der Waals surface area contributed by atoms with Crippen molar-refractivity contribution in [1.29, 1.82) is 0 Å². The highest BCUT2D eigenvalue weighted by Crippen LogP contribution is 2.05. The minimum Gasteiger partial charge on any atom is -0.616 e. The standard InChI is InChI=1S/C9H10O3S/c10-9(11)7-13(12)6-8-4-2-1-3-5-8/h1-5H,6-7H2,(H,10,11)/t13-/m1/s1. The van der Waals surface area contributed by atoms with Gasteiger partial charge in [0.2, 0.25) is 5.75 Å². The van der Waals surface area contributed by atoms with Gasteiger partial charge in [0.25, 0.3) is 0 Å². The molecule has 1 N–H and O–H groups in total. The number of carboxylic acids is 1. The maximum Gasteiger partial charge on any atom is 0.353 e. The lowest BCUT2D eigenvalue weighted by molar-refractivity contribution is -0.134. The van der Waals surface area contributed by atoms with E-state index < -0.39 is 17.1 Å². The highest BCUT2D eigenvalue weighted by molar-refractivity contribution is 7.91. The van der Waals surface area contributed by atoms with Crippen LogP contribution >= 0.6 is 0 Å². The molecule has 0 aliphatic heterocycles. The molecular weight excluding hydrogens is 188 g/mol. The Labute approximate surface area is 79.6 Å². The number of carboxylic acid groups (broad SMARTS) is 1. The van der Waals surface area contributed by atoms with Crippen molar-refractivity contribution in [1.82, 2.24) is 0 Å². The van der Waals surface area contributed by atoms with Crippen LogP contribution in [-0.4, -0.2) is 21.4 Å². The second-order valence-electron chi connectivity index (χ2n) is 2.61. The number of hydrogen-bond donors (Lipinski definition) is 1. The highest BCUT2D eigenvalue weighted by Gasteiger charge is 2.11. The van der Waals surface area contributed by atoms with Gasteiger partial charge in [-0.25, -0.2) is 4.79 Å². The average Bonchev–Trinajstić information content (AvgIpc) is 2.04. The van der Waals surface area contributed by atoms with Gasteiger partial charge in [-0.1, -0.05) is 30.3 Å². The Balaban J connectivity index is 2.45. The Morgan fingerprint density at radius 1 is 1.38 bits per heavy atom. The summed E-state index contributed by atoms with van der Waals surface area (Å²) in [7, 11) is 0. The lowest BCUT2D eigenvalue weighted by Crippen LogP contribution is -2.16. The van der Waals surface area contributed by atoms with E-state index in [-0.39, 0.29) is 5.75 Å². The summed E-state index contributed by atoms with van der Waals surface area (Å²) in [4.78, 5) is 10.2. The van der Waals surface area contributed by atoms with Gasteiger partial charge >= 0.3 is 5.97 Å². The molecule has 1 aromatic carbocycles. The van der Waals surface area contributed by atoms with Crippen LogP contribution in [0, 0.1) is 0 Å². The van der Waals surface area contributed by atoms with Crippen LogP contribution in [0.5, 0.6) is 0 Å². The minimum atomic E-state index is -1.30. The molecule has 0 aliphatic rings. The zero-order valence-corrected chi connectivity index (χ0v) is 7.79. The van der Waals surface area contributed by atoms with E-state index in [2.05, 4.69) is 0 Å². The first-order chi connectivity index (χ1) is 6.18. The molecule has 0 heterocycles. The van der Waals surface area contributed by atoms with Crippen molar-refractivity contribution in [2.75, 3.05) is 5.75 Å².